The molecule has 1 aromatic carbocycles. The first-order valence-electron chi connectivity index (χ1n) is 6.94. The lowest BCUT2D eigenvalue weighted by Crippen LogP contribution is -2.46. The molecule has 0 aromatic heterocycles. The molecular formula is C15H20N2O4. The van der Waals surface area contributed by atoms with E-state index in [1.54, 1.807) is 24.3 Å². The minimum absolute atomic E-state index is 0.00348. The first-order chi connectivity index (χ1) is 10.1. The lowest BCUT2D eigenvalue weighted by molar-refractivity contribution is -0.120. The number of ketones is 1. The zero-order valence-electron chi connectivity index (χ0n) is 12.0. The number of ether oxygens (including phenoxy) is 1. The number of hydrogen-bond acceptors (Lipinski definition) is 5. The summed E-state index contributed by atoms with van der Waals surface area (Å²) < 4.78 is 5.34. The van der Waals surface area contributed by atoms with Gasteiger partial charge in [-0.3, -0.25) is 14.5 Å². The van der Waals surface area contributed by atoms with Crippen LogP contribution in [0.25, 0.3) is 0 Å². The van der Waals surface area contributed by atoms with Crippen molar-refractivity contribution in [2.24, 2.45) is 0 Å². The topological polar surface area (TPSA) is 78.9 Å². The maximum atomic E-state index is 12.0. The van der Waals surface area contributed by atoms with Gasteiger partial charge in [-0.25, -0.2) is 0 Å². The van der Waals surface area contributed by atoms with Crippen LogP contribution in [0.4, 0.5) is 5.69 Å². The van der Waals surface area contributed by atoms with Crippen molar-refractivity contribution in [1.82, 2.24) is 4.90 Å². The second-order valence-corrected chi connectivity index (χ2v) is 5.09. The van der Waals surface area contributed by atoms with Gasteiger partial charge in [0, 0.05) is 24.3 Å². The number of amides is 1. The number of nitrogens with one attached hydrogen (secondary N) is 1. The molecule has 1 amide bonds. The van der Waals surface area contributed by atoms with Crippen LogP contribution in [0.3, 0.4) is 0 Å². The Kier molecular flexibility index (Phi) is 5.44. The van der Waals surface area contributed by atoms with Crippen LogP contribution in [-0.2, 0) is 9.53 Å². The van der Waals surface area contributed by atoms with Gasteiger partial charge in [-0.1, -0.05) is 0 Å². The molecule has 1 aliphatic rings. The number of nitrogens with zero attached hydrogens (tertiary/aromatic N) is 1. The van der Waals surface area contributed by atoms with E-state index in [2.05, 4.69) is 5.32 Å². The number of carbonyl (C=O) groups is 2. The van der Waals surface area contributed by atoms with Crippen LogP contribution in [0.1, 0.15) is 17.3 Å². The van der Waals surface area contributed by atoms with Gasteiger partial charge in [0.25, 0.3) is 0 Å². The van der Waals surface area contributed by atoms with E-state index in [-0.39, 0.29) is 30.9 Å². The van der Waals surface area contributed by atoms with Gasteiger partial charge in [0.2, 0.25) is 5.91 Å². The Bertz CT molecular complexity index is 501. The number of aliphatic hydroxyl groups is 1. The summed E-state index contributed by atoms with van der Waals surface area (Å²) >= 11 is 0. The van der Waals surface area contributed by atoms with E-state index in [4.69, 9.17) is 9.84 Å². The summed E-state index contributed by atoms with van der Waals surface area (Å²) in [4.78, 5) is 25.1. The highest BCUT2D eigenvalue weighted by Crippen LogP contribution is 2.10. The van der Waals surface area contributed by atoms with Gasteiger partial charge in [-0.15, -0.1) is 0 Å². The highest BCUT2D eigenvalue weighted by molar-refractivity contribution is 5.96. The van der Waals surface area contributed by atoms with Crippen LogP contribution in [0.2, 0.25) is 0 Å². The number of morpholine rings is 1. The van der Waals surface area contributed by atoms with E-state index < -0.39 is 0 Å². The van der Waals surface area contributed by atoms with Crippen LogP contribution < -0.4 is 5.32 Å². The minimum atomic E-state index is -0.221. The zero-order chi connectivity index (χ0) is 15.2. The summed E-state index contributed by atoms with van der Waals surface area (Å²) in [6.45, 7) is 3.47. The molecule has 1 fully saturated rings. The van der Waals surface area contributed by atoms with Gasteiger partial charge in [0.15, 0.2) is 5.78 Å². The molecule has 1 heterocycles. The molecule has 6 nitrogen and oxygen atoms in total. The summed E-state index contributed by atoms with van der Waals surface area (Å²) in [7, 11) is 0. The summed E-state index contributed by atoms with van der Waals surface area (Å²) in [5.74, 6) is -0.125. The Morgan fingerprint density at radius 2 is 2.10 bits per heavy atom. The molecule has 21 heavy (non-hydrogen) atoms. The Balaban J connectivity index is 1.85. The van der Waals surface area contributed by atoms with E-state index in [1.807, 2.05) is 4.90 Å². The highest BCUT2D eigenvalue weighted by Gasteiger charge is 2.21. The maximum Gasteiger partial charge on any atom is 0.238 e. The quantitative estimate of drug-likeness (QED) is 0.774. The first kappa shape index (κ1) is 15.6. The molecule has 0 bridgehead atoms. The van der Waals surface area contributed by atoms with Crippen molar-refractivity contribution in [2.45, 2.75) is 13.0 Å². The molecule has 0 radical (unpaired) electrons. The Morgan fingerprint density at radius 1 is 1.38 bits per heavy atom. The third-order valence-electron chi connectivity index (χ3n) is 3.37. The number of anilines is 1. The van der Waals surface area contributed by atoms with E-state index in [0.29, 0.717) is 30.9 Å². The summed E-state index contributed by atoms with van der Waals surface area (Å²) in [5.41, 5.74) is 1.28. The van der Waals surface area contributed by atoms with Gasteiger partial charge < -0.3 is 15.2 Å². The van der Waals surface area contributed by atoms with Crippen molar-refractivity contribution < 1.29 is 19.4 Å². The molecule has 1 atom stereocenters. The Morgan fingerprint density at radius 3 is 2.71 bits per heavy atom. The molecule has 2 N–H and O–H groups in total. The predicted octanol–water partition coefficient (Wildman–Crippen LogP) is 0.521. The second kappa shape index (κ2) is 7.31. The molecule has 1 unspecified atom stereocenters. The molecule has 1 aromatic rings. The number of benzene rings is 1. The fourth-order valence-electron chi connectivity index (χ4n) is 2.23. The minimum Gasteiger partial charge on any atom is -0.394 e. The van der Waals surface area contributed by atoms with Crippen LogP contribution in [-0.4, -0.2) is 60.6 Å². The monoisotopic (exact) mass is 292 g/mol. The Hall–Kier alpha value is -1.76. The lowest BCUT2D eigenvalue weighted by atomic mass is 10.1. The molecule has 1 aliphatic heterocycles. The summed E-state index contributed by atoms with van der Waals surface area (Å²) in [5, 5.41) is 11.9. The number of carbonyl (C=O) groups excluding carboxylic acids is 2. The number of aliphatic hydroxyl groups excluding tert-OH is 1. The van der Waals surface area contributed by atoms with Gasteiger partial charge in [-0.2, -0.15) is 0 Å². The highest BCUT2D eigenvalue weighted by atomic mass is 16.5. The fourth-order valence-corrected chi connectivity index (χ4v) is 2.23. The van der Waals surface area contributed by atoms with Crippen molar-refractivity contribution in [3.05, 3.63) is 29.8 Å². The normalized spacial score (nSPS) is 19.2. The number of hydrogen-bond donors (Lipinski definition) is 2. The molecule has 1 saturated heterocycles. The van der Waals surface area contributed by atoms with Crippen LogP contribution in [0.15, 0.2) is 24.3 Å². The van der Waals surface area contributed by atoms with Crippen LogP contribution in [0.5, 0.6) is 0 Å². The maximum absolute atomic E-state index is 12.0. The van der Waals surface area contributed by atoms with E-state index in [9.17, 15) is 9.59 Å². The SMILES string of the molecule is CC(=O)c1ccc(NC(=O)CN2CCOC(CO)C2)cc1. The van der Waals surface area contributed by atoms with Crippen LogP contribution >= 0.6 is 0 Å². The van der Waals surface area contributed by atoms with Gasteiger partial charge in [-0.05, 0) is 31.2 Å². The van der Waals surface area contributed by atoms with Crippen molar-refractivity contribution in [1.29, 1.82) is 0 Å². The lowest BCUT2D eigenvalue weighted by Gasteiger charge is -2.31. The molecule has 0 saturated carbocycles. The predicted molar refractivity (Wildman–Crippen MR) is 78.3 cm³/mol. The van der Waals surface area contributed by atoms with Crippen molar-refractivity contribution in [3.8, 4) is 0 Å². The van der Waals surface area contributed by atoms with Gasteiger partial charge >= 0.3 is 0 Å². The number of rotatable bonds is 5. The standard InChI is InChI=1S/C15H20N2O4/c1-11(19)12-2-4-13(5-3-12)16-15(20)9-17-6-7-21-14(8-17)10-18/h2-5,14,18H,6-10H2,1H3,(H,16,20). The van der Waals surface area contributed by atoms with Gasteiger partial charge in [0.1, 0.15) is 0 Å². The van der Waals surface area contributed by atoms with E-state index >= 15 is 0 Å². The number of Topliss-reactive ketones (excluding diaryl/α,β-unsaturated/α-hetero) is 1. The van der Waals surface area contributed by atoms with Crippen LogP contribution in [0, 0.1) is 0 Å². The fraction of sp³-hybridized carbons (Fsp3) is 0.467. The molecule has 0 spiro atoms. The first-order valence-corrected chi connectivity index (χ1v) is 6.94. The Labute approximate surface area is 123 Å². The zero-order valence-corrected chi connectivity index (χ0v) is 12.0. The van der Waals surface area contributed by atoms with Crippen molar-refractivity contribution >= 4 is 17.4 Å². The van der Waals surface area contributed by atoms with Crippen molar-refractivity contribution in [2.75, 3.05) is 38.2 Å². The molecule has 2 rings (SSSR count). The third kappa shape index (κ3) is 4.63. The second-order valence-electron chi connectivity index (χ2n) is 5.09. The smallest absolute Gasteiger partial charge is 0.238 e. The van der Waals surface area contributed by atoms with E-state index in [1.165, 1.54) is 6.92 Å². The molecule has 114 valence electrons. The average Bonchev–Trinajstić information content (AvgIpc) is 2.47. The van der Waals surface area contributed by atoms with E-state index in [0.717, 1.165) is 0 Å². The van der Waals surface area contributed by atoms with Gasteiger partial charge in [0.05, 0.1) is 25.9 Å². The largest absolute Gasteiger partial charge is 0.394 e. The third-order valence-corrected chi connectivity index (χ3v) is 3.37. The summed E-state index contributed by atoms with van der Waals surface area (Å²) in [6, 6.07) is 6.80. The summed E-state index contributed by atoms with van der Waals surface area (Å²) in [6.07, 6.45) is -0.221. The van der Waals surface area contributed by atoms with Crippen molar-refractivity contribution in [3.63, 3.8) is 0 Å². The molecule has 6 heteroatoms. The molecular weight excluding hydrogens is 272 g/mol. The molecule has 0 aliphatic carbocycles. The average molecular weight is 292 g/mol.